The van der Waals surface area contributed by atoms with Gasteiger partial charge in [-0.15, -0.1) is 10.2 Å². The van der Waals surface area contributed by atoms with Crippen LogP contribution >= 0.6 is 15.9 Å². The largest absolute Gasteiger partial charge is 0.423 e. The third kappa shape index (κ3) is 2.69. The van der Waals surface area contributed by atoms with Crippen LogP contribution in [0.2, 0.25) is 0 Å². The second-order valence-electron chi connectivity index (χ2n) is 4.83. The van der Waals surface area contributed by atoms with Crippen molar-refractivity contribution in [2.75, 3.05) is 18.0 Å². The Morgan fingerprint density at radius 2 is 2.20 bits per heavy atom. The molecule has 0 bridgehead atoms. The number of nitrogens with zero attached hydrogens (tertiary/aromatic N) is 4. The van der Waals surface area contributed by atoms with Crippen molar-refractivity contribution in [1.82, 2.24) is 15.2 Å². The summed E-state index contributed by atoms with van der Waals surface area (Å²) in [6, 6.07) is 1.98. The van der Waals surface area contributed by atoms with E-state index < -0.39 is 0 Å². The number of aromatic nitrogens is 3. The molecule has 20 heavy (non-hydrogen) atoms. The summed E-state index contributed by atoms with van der Waals surface area (Å²) in [5.41, 5.74) is 1.09. The first-order valence-corrected chi connectivity index (χ1v) is 7.22. The fourth-order valence-electron chi connectivity index (χ4n) is 2.35. The highest BCUT2D eigenvalue weighted by atomic mass is 79.9. The van der Waals surface area contributed by atoms with Crippen LogP contribution in [-0.4, -0.2) is 34.4 Å². The van der Waals surface area contributed by atoms with E-state index in [-0.39, 0.29) is 12.2 Å². The van der Waals surface area contributed by atoms with Crippen molar-refractivity contribution in [3.8, 4) is 0 Å². The van der Waals surface area contributed by atoms with Crippen LogP contribution in [0.25, 0.3) is 0 Å². The van der Waals surface area contributed by atoms with Crippen LogP contribution in [0.3, 0.4) is 0 Å². The number of rotatable bonds is 2. The summed E-state index contributed by atoms with van der Waals surface area (Å²) in [5.74, 6) is 1.09. The van der Waals surface area contributed by atoms with E-state index in [2.05, 4.69) is 36.0 Å². The first-order valence-electron chi connectivity index (χ1n) is 6.43. The fraction of sp³-hybridized carbons (Fsp3) is 0.462. The molecule has 0 aliphatic carbocycles. The van der Waals surface area contributed by atoms with Crippen molar-refractivity contribution in [2.45, 2.75) is 26.1 Å². The summed E-state index contributed by atoms with van der Waals surface area (Å²) < 4.78 is 12.4. The van der Waals surface area contributed by atoms with Gasteiger partial charge in [0.05, 0.1) is 22.8 Å². The molecule has 2 aromatic heterocycles. The molecule has 0 unspecified atom stereocenters. The van der Waals surface area contributed by atoms with Crippen molar-refractivity contribution in [3.63, 3.8) is 0 Å². The summed E-state index contributed by atoms with van der Waals surface area (Å²) in [6.07, 6.45) is 3.45. The Labute approximate surface area is 125 Å². The molecule has 1 fully saturated rings. The molecule has 6 nitrogen and oxygen atoms in total. The standard InChI is InChI=1S/C13H15BrN4O2/c1-8-6-18(11-3-4-15-5-10(11)14)7-12(19-8)13-17-16-9(2)20-13/h3-5,8,12H,6-7H2,1-2H3/t8-,12-/m1/s1. The normalized spacial score (nSPS) is 23.1. The van der Waals surface area contributed by atoms with Crippen molar-refractivity contribution < 1.29 is 9.15 Å². The highest BCUT2D eigenvalue weighted by molar-refractivity contribution is 9.10. The lowest BCUT2D eigenvalue weighted by atomic mass is 10.2. The number of anilines is 1. The van der Waals surface area contributed by atoms with Gasteiger partial charge in [0, 0.05) is 25.9 Å². The molecular weight excluding hydrogens is 324 g/mol. The Kier molecular flexibility index (Phi) is 3.71. The molecule has 3 rings (SSSR count). The van der Waals surface area contributed by atoms with Gasteiger partial charge in [-0.1, -0.05) is 0 Å². The van der Waals surface area contributed by atoms with Gasteiger partial charge < -0.3 is 14.1 Å². The van der Waals surface area contributed by atoms with E-state index in [1.54, 1.807) is 19.3 Å². The molecule has 0 spiro atoms. The Morgan fingerprint density at radius 3 is 2.90 bits per heavy atom. The highest BCUT2D eigenvalue weighted by Gasteiger charge is 2.30. The Hall–Kier alpha value is -1.47. The minimum Gasteiger partial charge on any atom is -0.423 e. The number of hydrogen-bond acceptors (Lipinski definition) is 6. The zero-order valence-electron chi connectivity index (χ0n) is 11.3. The molecule has 2 atom stereocenters. The van der Waals surface area contributed by atoms with E-state index in [1.165, 1.54) is 0 Å². The maximum Gasteiger partial charge on any atom is 0.247 e. The van der Waals surface area contributed by atoms with Gasteiger partial charge in [-0.2, -0.15) is 0 Å². The van der Waals surface area contributed by atoms with Crippen LogP contribution in [0.15, 0.2) is 27.3 Å². The van der Waals surface area contributed by atoms with E-state index >= 15 is 0 Å². The predicted octanol–water partition coefficient (Wildman–Crippen LogP) is 2.50. The quantitative estimate of drug-likeness (QED) is 0.838. The zero-order chi connectivity index (χ0) is 14.1. The number of morpholine rings is 1. The molecule has 0 amide bonds. The maximum absolute atomic E-state index is 5.91. The van der Waals surface area contributed by atoms with Crippen LogP contribution in [-0.2, 0) is 4.74 Å². The van der Waals surface area contributed by atoms with E-state index in [0.29, 0.717) is 18.3 Å². The van der Waals surface area contributed by atoms with Crippen molar-refractivity contribution in [3.05, 3.63) is 34.7 Å². The van der Waals surface area contributed by atoms with Gasteiger partial charge in [-0.3, -0.25) is 4.98 Å². The van der Waals surface area contributed by atoms with Crippen LogP contribution in [0.5, 0.6) is 0 Å². The van der Waals surface area contributed by atoms with Crippen LogP contribution in [0.4, 0.5) is 5.69 Å². The molecule has 0 N–H and O–H groups in total. The van der Waals surface area contributed by atoms with Gasteiger partial charge >= 0.3 is 0 Å². The molecular formula is C13H15BrN4O2. The molecule has 0 radical (unpaired) electrons. The molecule has 0 saturated carbocycles. The number of aryl methyl sites for hydroxylation is 1. The van der Waals surface area contributed by atoms with Gasteiger partial charge in [-0.25, -0.2) is 0 Å². The number of halogens is 1. The Bertz CT molecular complexity index is 604. The minimum absolute atomic E-state index is 0.0843. The van der Waals surface area contributed by atoms with Gasteiger partial charge in [0.15, 0.2) is 6.10 Å². The summed E-state index contributed by atoms with van der Waals surface area (Å²) in [7, 11) is 0. The second kappa shape index (κ2) is 5.49. The average molecular weight is 339 g/mol. The van der Waals surface area contributed by atoms with Crippen molar-refractivity contribution in [1.29, 1.82) is 0 Å². The lowest BCUT2D eigenvalue weighted by molar-refractivity contribution is -0.0312. The van der Waals surface area contributed by atoms with Gasteiger partial charge in [0.1, 0.15) is 0 Å². The number of hydrogen-bond donors (Lipinski definition) is 0. The Morgan fingerprint density at radius 1 is 1.35 bits per heavy atom. The lowest BCUT2D eigenvalue weighted by Crippen LogP contribution is -2.43. The minimum atomic E-state index is -0.208. The first-order chi connectivity index (χ1) is 9.63. The molecule has 7 heteroatoms. The second-order valence-corrected chi connectivity index (χ2v) is 5.68. The van der Waals surface area contributed by atoms with E-state index in [4.69, 9.17) is 9.15 Å². The average Bonchev–Trinajstić information content (AvgIpc) is 2.85. The third-order valence-electron chi connectivity index (χ3n) is 3.17. The number of ether oxygens (including phenoxy) is 1. The summed E-state index contributed by atoms with van der Waals surface area (Å²) in [4.78, 5) is 6.33. The zero-order valence-corrected chi connectivity index (χ0v) is 12.9. The fourth-order valence-corrected chi connectivity index (χ4v) is 2.85. The summed E-state index contributed by atoms with van der Waals surface area (Å²) >= 11 is 3.54. The van der Waals surface area contributed by atoms with Crippen molar-refractivity contribution in [2.24, 2.45) is 0 Å². The van der Waals surface area contributed by atoms with Gasteiger partial charge in [-0.05, 0) is 28.9 Å². The SMILES string of the molecule is Cc1nnc([C@H]2CN(c3ccncc3Br)C[C@@H](C)O2)o1. The molecule has 2 aromatic rings. The van der Waals surface area contributed by atoms with Crippen LogP contribution in [0, 0.1) is 6.92 Å². The molecule has 1 aliphatic rings. The Balaban J connectivity index is 1.85. The topological polar surface area (TPSA) is 64.3 Å². The third-order valence-corrected chi connectivity index (χ3v) is 3.78. The number of pyridine rings is 1. The van der Waals surface area contributed by atoms with Crippen LogP contribution in [0.1, 0.15) is 24.8 Å². The maximum atomic E-state index is 5.91. The highest BCUT2D eigenvalue weighted by Crippen LogP contribution is 2.31. The lowest BCUT2D eigenvalue weighted by Gasteiger charge is -2.37. The smallest absolute Gasteiger partial charge is 0.247 e. The van der Waals surface area contributed by atoms with Crippen LogP contribution < -0.4 is 4.90 Å². The molecule has 1 aliphatic heterocycles. The molecule has 1 saturated heterocycles. The van der Waals surface area contributed by atoms with E-state index in [0.717, 1.165) is 16.7 Å². The monoisotopic (exact) mass is 338 g/mol. The summed E-state index contributed by atoms with van der Waals surface area (Å²) in [6.45, 7) is 5.30. The summed E-state index contributed by atoms with van der Waals surface area (Å²) in [5, 5.41) is 7.93. The molecule has 106 valence electrons. The van der Waals surface area contributed by atoms with Gasteiger partial charge in [0.2, 0.25) is 11.8 Å². The predicted molar refractivity (Wildman–Crippen MR) is 76.5 cm³/mol. The molecule has 0 aromatic carbocycles. The molecule has 3 heterocycles. The van der Waals surface area contributed by atoms with Crippen molar-refractivity contribution >= 4 is 21.6 Å². The first kappa shape index (κ1) is 13.5. The van der Waals surface area contributed by atoms with E-state index in [1.807, 2.05) is 13.0 Å². The van der Waals surface area contributed by atoms with Gasteiger partial charge in [0.25, 0.3) is 0 Å². The van der Waals surface area contributed by atoms with E-state index in [9.17, 15) is 0 Å².